The largest absolute Gasteiger partial charge is 0.480 e. The summed E-state index contributed by atoms with van der Waals surface area (Å²) >= 11 is 0. The number of carbonyl (C=O) groups is 1. The van der Waals surface area contributed by atoms with Gasteiger partial charge in [0.2, 0.25) is 0 Å². The van der Waals surface area contributed by atoms with E-state index in [1.807, 2.05) is 0 Å². The summed E-state index contributed by atoms with van der Waals surface area (Å²) in [6, 6.07) is 0. The minimum atomic E-state index is -0.138. The number of nitrogens with zero attached hydrogens (tertiary/aromatic N) is 1. The highest BCUT2D eigenvalue weighted by molar-refractivity contribution is 6.00. The SMILES string of the molecule is O=C/C=C1/C=CC2=NOCC2O1. The van der Waals surface area contributed by atoms with Crippen molar-refractivity contribution in [3.05, 3.63) is 24.0 Å². The Morgan fingerprint density at radius 3 is 3.33 bits per heavy atom. The van der Waals surface area contributed by atoms with Gasteiger partial charge in [-0.2, -0.15) is 0 Å². The third-order valence-corrected chi connectivity index (χ3v) is 1.65. The minimum absolute atomic E-state index is 0.138. The average Bonchev–Trinajstić information content (AvgIpc) is 2.51. The van der Waals surface area contributed by atoms with Crippen LogP contribution in [0.1, 0.15) is 0 Å². The van der Waals surface area contributed by atoms with Crippen LogP contribution < -0.4 is 0 Å². The van der Waals surface area contributed by atoms with Crippen LogP contribution in [0, 0.1) is 0 Å². The third kappa shape index (κ3) is 1.11. The van der Waals surface area contributed by atoms with Gasteiger partial charge in [0.1, 0.15) is 17.8 Å². The van der Waals surface area contributed by atoms with Crippen LogP contribution in [0.5, 0.6) is 0 Å². The number of oxime groups is 1. The average molecular weight is 165 g/mol. The highest BCUT2D eigenvalue weighted by Crippen LogP contribution is 2.17. The molecule has 0 fully saturated rings. The van der Waals surface area contributed by atoms with E-state index < -0.39 is 0 Å². The second-order valence-electron chi connectivity index (χ2n) is 2.46. The molecule has 0 aliphatic carbocycles. The van der Waals surface area contributed by atoms with E-state index in [4.69, 9.17) is 9.57 Å². The molecule has 0 saturated carbocycles. The Morgan fingerprint density at radius 1 is 1.58 bits per heavy atom. The molecular formula is C8H7NO3. The number of carbonyl (C=O) groups excluding carboxylic acids is 1. The zero-order valence-electron chi connectivity index (χ0n) is 6.27. The Kier molecular flexibility index (Phi) is 1.66. The van der Waals surface area contributed by atoms with E-state index in [0.717, 1.165) is 5.71 Å². The Bertz CT molecular complexity index is 291. The predicted molar refractivity (Wildman–Crippen MR) is 41.5 cm³/mol. The van der Waals surface area contributed by atoms with Crippen molar-refractivity contribution in [1.82, 2.24) is 0 Å². The summed E-state index contributed by atoms with van der Waals surface area (Å²) in [5.41, 5.74) is 0.776. The number of aldehydes is 1. The fraction of sp³-hybridized carbons (Fsp3) is 0.250. The third-order valence-electron chi connectivity index (χ3n) is 1.65. The quantitative estimate of drug-likeness (QED) is 0.417. The molecule has 1 unspecified atom stereocenters. The van der Waals surface area contributed by atoms with Crippen molar-refractivity contribution < 1.29 is 14.4 Å². The fourth-order valence-corrected chi connectivity index (χ4v) is 1.09. The van der Waals surface area contributed by atoms with Gasteiger partial charge in [-0.1, -0.05) is 5.16 Å². The first-order valence-corrected chi connectivity index (χ1v) is 3.60. The van der Waals surface area contributed by atoms with Gasteiger partial charge >= 0.3 is 0 Å². The molecule has 0 N–H and O–H groups in total. The molecule has 0 aromatic carbocycles. The summed E-state index contributed by atoms with van der Waals surface area (Å²) in [4.78, 5) is 14.9. The summed E-state index contributed by atoms with van der Waals surface area (Å²) in [5.74, 6) is 0.555. The van der Waals surface area contributed by atoms with Gasteiger partial charge in [0.05, 0.1) is 0 Å². The Balaban J connectivity index is 2.21. The van der Waals surface area contributed by atoms with Gasteiger partial charge in [-0.15, -0.1) is 0 Å². The van der Waals surface area contributed by atoms with Gasteiger partial charge in [-0.05, 0) is 12.2 Å². The molecule has 4 nitrogen and oxygen atoms in total. The maximum absolute atomic E-state index is 10.1. The van der Waals surface area contributed by atoms with Crippen molar-refractivity contribution >= 4 is 12.0 Å². The summed E-state index contributed by atoms with van der Waals surface area (Å²) < 4.78 is 5.34. The van der Waals surface area contributed by atoms with Gasteiger partial charge in [0.25, 0.3) is 0 Å². The molecule has 62 valence electrons. The van der Waals surface area contributed by atoms with Gasteiger partial charge in [-0.25, -0.2) is 0 Å². The van der Waals surface area contributed by atoms with Crippen LogP contribution in [0.15, 0.2) is 29.1 Å². The van der Waals surface area contributed by atoms with Crippen molar-refractivity contribution in [2.24, 2.45) is 5.16 Å². The molecule has 0 bridgehead atoms. The second kappa shape index (κ2) is 2.81. The van der Waals surface area contributed by atoms with E-state index >= 15 is 0 Å². The monoisotopic (exact) mass is 165 g/mol. The maximum Gasteiger partial charge on any atom is 0.180 e. The molecule has 2 aliphatic heterocycles. The summed E-state index contributed by atoms with van der Waals surface area (Å²) in [7, 11) is 0. The molecule has 0 radical (unpaired) electrons. The Labute approximate surface area is 69.1 Å². The predicted octanol–water partition coefficient (Wildman–Crippen LogP) is 0.410. The van der Waals surface area contributed by atoms with Crippen molar-refractivity contribution in [1.29, 1.82) is 0 Å². The zero-order valence-corrected chi connectivity index (χ0v) is 6.27. The highest BCUT2D eigenvalue weighted by atomic mass is 16.7. The van der Waals surface area contributed by atoms with E-state index in [9.17, 15) is 4.79 Å². The molecule has 4 heteroatoms. The molecule has 0 saturated heterocycles. The van der Waals surface area contributed by atoms with Crippen molar-refractivity contribution in [2.45, 2.75) is 6.10 Å². The maximum atomic E-state index is 10.1. The van der Waals surface area contributed by atoms with Gasteiger partial charge in [0.15, 0.2) is 12.7 Å². The van der Waals surface area contributed by atoms with Crippen LogP contribution in [0.25, 0.3) is 0 Å². The van der Waals surface area contributed by atoms with E-state index in [0.29, 0.717) is 18.7 Å². The molecule has 0 aromatic rings. The molecule has 0 aromatic heterocycles. The molecule has 0 spiro atoms. The second-order valence-corrected chi connectivity index (χ2v) is 2.46. The zero-order chi connectivity index (χ0) is 8.39. The lowest BCUT2D eigenvalue weighted by molar-refractivity contribution is -0.104. The van der Waals surface area contributed by atoms with E-state index in [2.05, 4.69) is 5.16 Å². The van der Waals surface area contributed by atoms with Crippen LogP contribution >= 0.6 is 0 Å². The smallest absolute Gasteiger partial charge is 0.180 e. The Morgan fingerprint density at radius 2 is 2.50 bits per heavy atom. The molecule has 2 rings (SSSR count). The van der Waals surface area contributed by atoms with Gasteiger partial charge in [-0.3, -0.25) is 4.79 Å². The lowest BCUT2D eigenvalue weighted by Gasteiger charge is -2.15. The molecule has 2 aliphatic rings. The first-order chi connectivity index (χ1) is 5.90. The van der Waals surface area contributed by atoms with Crippen LogP contribution in [-0.4, -0.2) is 24.7 Å². The first kappa shape index (κ1) is 7.09. The highest BCUT2D eigenvalue weighted by Gasteiger charge is 2.26. The number of fused-ring (bicyclic) bond motifs is 1. The standard InChI is InChI=1S/C8H7NO3/c10-4-3-6-1-2-7-8(12-6)5-11-9-7/h1-4,8H,5H2/b6-3-. The van der Waals surface area contributed by atoms with Crippen LogP contribution in [0.2, 0.25) is 0 Å². The number of rotatable bonds is 1. The normalized spacial score (nSPS) is 28.8. The number of ether oxygens (including phenoxy) is 1. The molecular weight excluding hydrogens is 158 g/mol. The lowest BCUT2D eigenvalue weighted by atomic mass is 10.1. The fourth-order valence-electron chi connectivity index (χ4n) is 1.09. The lowest BCUT2D eigenvalue weighted by Crippen LogP contribution is -2.24. The summed E-state index contributed by atoms with van der Waals surface area (Å²) in [6.07, 6.45) is 5.40. The van der Waals surface area contributed by atoms with E-state index in [1.165, 1.54) is 6.08 Å². The van der Waals surface area contributed by atoms with Gasteiger partial charge < -0.3 is 9.57 Å². The Hall–Kier alpha value is -1.58. The van der Waals surface area contributed by atoms with Crippen LogP contribution in [0.4, 0.5) is 0 Å². The molecule has 0 amide bonds. The number of allylic oxidation sites excluding steroid dienone is 2. The van der Waals surface area contributed by atoms with Gasteiger partial charge in [0, 0.05) is 6.08 Å². The van der Waals surface area contributed by atoms with Crippen molar-refractivity contribution in [3.63, 3.8) is 0 Å². The van der Waals surface area contributed by atoms with Crippen molar-refractivity contribution in [3.8, 4) is 0 Å². The molecule has 2 heterocycles. The number of hydrogen-bond donors (Lipinski definition) is 0. The molecule has 12 heavy (non-hydrogen) atoms. The van der Waals surface area contributed by atoms with Crippen LogP contribution in [0.3, 0.4) is 0 Å². The summed E-state index contributed by atoms with van der Waals surface area (Å²) in [5, 5.41) is 3.74. The summed E-state index contributed by atoms with van der Waals surface area (Å²) in [6.45, 7) is 0.426. The first-order valence-electron chi connectivity index (χ1n) is 3.60. The number of hydrogen-bond acceptors (Lipinski definition) is 4. The minimum Gasteiger partial charge on any atom is -0.480 e. The van der Waals surface area contributed by atoms with Crippen LogP contribution in [-0.2, 0) is 14.4 Å². The van der Waals surface area contributed by atoms with E-state index in [-0.39, 0.29) is 6.10 Å². The van der Waals surface area contributed by atoms with Crippen molar-refractivity contribution in [2.75, 3.05) is 6.61 Å². The molecule has 1 atom stereocenters. The van der Waals surface area contributed by atoms with E-state index in [1.54, 1.807) is 12.2 Å². The topological polar surface area (TPSA) is 47.9 Å².